The molecule has 0 spiro atoms. The number of halogens is 1. The minimum Gasteiger partial charge on any atom is -0.496 e. The maximum absolute atomic E-state index is 13.2. The molecule has 1 N–H and O–H groups in total. The molecular weight excluding hydrogens is 269 g/mol. The van der Waals surface area contributed by atoms with Gasteiger partial charge in [-0.1, -0.05) is 24.3 Å². The van der Waals surface area contributed by atoms with E-state index in [1.807, 2.05) is 31.2 Å². The summed E-state index contributed by atoms with van der Waals surface area (Å²) in [5.41, 5.74) is 2.69. The second kappa shape index (κ2) is 6.88. The first-order valence-corrected chi connectivity index (χ1v) is 6.74. The third kappa shape index (κ3) is 4.05. The van der Waals surface area contributed by atoms with E-state index in [9.17, 15) is 9.18 Å². The molecule has 0 unspecified atom stereocenters. The van der Waals surface area contributed by atoms with Gasteiger partial charge in [-0.25, -0.2) is 4.39 Å². The van der Waals surface area contributed by atoms with Gasteiger partial charge >= 0.3 is 0 Å². The largest absolute Gasteiger partial charge is 0.496 e. The van der Waals surface area contributed by atoms with E-state index in [1.165, 1.54) is 19.2 Å². The van der Waals surface area contributed by atoms with E-state index < -0.39 is 0 Å². The standard InChI is InChI=1S/C17H18FNO2/c1-12-5-3-4-6-13(12)10-17(20)19-11-14-9-15(18)7-8-16(14)21-2/h3-9H,10-11H2,1-2H3,(H,19,20). The SMILES string of the molecule is COc1ccc(F)cc1CNC(=O)Cc1ccccc1C. The van der Waals surface area contributed by atoms with Crippen molar-refractivity contribution in [3.8, 4) is 5.75 Å². The number of nitrogens with one attached hydrogen (secondary N) is 1. The second-order valence-corrected chi connectivity index (χ2v) is 4.84. The van der Waals surface area contributed by atoms with Crippen LogP contribution < -0.4 is 10.1 Å². The molecule has 0 aromatic heterocycles. The highest BCUT2D eigenvalue weighted by atomic mass is 19.1. The van der Waals surface area contributed by atoms with E-state index in [0.717, 1.165) is 11.1 Å². The van der Waals surface area contributed by atoms with Gasteiger partial charge in [0.05, 0.1) is 13.5 Å². The van der Waals surface area contributed by atoms with E-state index in [2.05, 4.69) is 5.32 Å². The molecule has 0 atom stereocenters. The molecule has 21 heavy (non-hydrogen) atoms. The van der Waals surface area contributed by atoms with Crippen LogP contribution in [0.15, 0.2) is 42.5 Å². The molecule has 0 aliphatic rings. The lowest BCUT2D eigenvalue weighted by Crippen LogP contribution is -2.25. The summed E-state index contributed by atoms with van der Waals surface area (Å²) in [4.78, 5) is 12.0. The average Bonchev–Trinajstić information content (AvgIpc) is 2.48. The third-order valence-electron chi connectivity index (χ3n) is 3.33. The second-order valence-electron chi connectivity index (χ2n) is 4.84. The van der Waals surface area contributed by atoms with Crippen molar-refractivity contribution in [3.05, 3.63) is 65.0 Å². The molecule has 2 aromatic rings. The Morgan fingerprint density at radius 3 is 2.67 bits per heavy atom. The van der Waals surface area contributed by atoms with Gasteiger partial charge in [0.2, 0.25) is 5.91 Å². The zero-order valence-corrected chi connectivity index (χ0v) is 12.2. The van der Waals surface area contributed by atoms with Gasteiger partial charge in [0.1, 0.15) is 11.6 Å². The Morgan fingerprint density at radius 2 is 1.95 bits per heavy atom. The van der Waals surface area contributed by atoms with E-state index in [1.54, 1.807) is 6.07 Å². The van der Waals surface area contributed by atoms with Gasteiger partial charge < -0.3 is 10.1 Å². The zero-order chi connectivity index (χ0) is 15.2. The van der Waals surface area contributed by atoms with Gasteiger partial charge in [0.15, 0.2) is 0 Å². The fraction of sp³-hybridized carbons (Fsp3) is 0.235. The predicted molar refractivity (Wildman–Crippen MR) is 79.7 cm³/mol. The average molecular weight is 287 g/mol. The fourth-order valence-corrected chi connectivity index (χ4v) is 2.12. The van der Waals surface area contributed by atoms with Gasteiger partial charge in [-0.15, -0.1) is 0 Å². The first-order chi connectivity index (χ1) is 10.1. The van der Waals surface area contributed by atoms with E-state index >= 15 is 0 Å². The van der Waals surface area contributed by atoms with Crippen LogP contribution >= 0.6 is 0 Å². The van der Waals surface area contributed by atoms with Crippen LogP contribution in [-0.4, -0.2) is 13.0 Å². The van der Waals surface area contributed by atoms with E-state index in [4.69, 9.17) is 4.74 Å². The summed E-state index contributed by atoms with van der Waals surface area (Å²) >= 11 is 0. The van der Waals surface area contributed by atoms with Crippen LogP contribution in [0.25, 0.3) is 0 Å². The number of amides is 1. The molecule has 2 rings (SSSR count). The summed E-state index contributed by atoms with van der Waals surface area (Å²) in [7, 11) is 1.52. The van der Waals surface area contributed by atoms with Crippen LogP contribution in [-0.2, 0) is 17.8 Å². The molecule has 0 aliphatic carbocycles. The molecule has 0 saturated heterocycles. The van der Waals surface area contributed by atoms with Crippen molar-refractivity contribution in [2.45, 2.75) is 19.9 Å². The van der Waals surface area contributed by atoms with Crippen molar-refractivity contribution in [2.24, 2.45) is 0 Å². The number of benzene rings is 2. The molecular formula is C17H18FNO2. The van der Waals surface area contributed by atoms with Crippen LogP contribution in [0.3, 0.4) is 0 Å². The lowest BCUT2D eigenvalue weighted by atomic mass is 10.1. The Morgan fingerprint density at radius 1 is 1.19 bits per heavy atom. The first-order valence-electron chi connectivity index (χ1n) is 6.74. The summed E-state index contributed by atoms with van der Waals surface area (Å²) < 4.78 is 18.4. The minimum absolute atomic E-state index is 0.101. The smallest absolute Gasteiger partial charge is 0.224 e. The number of aryl methyl sites for hydroxylation is 1. The van der Waals surface area contributed by atoms with Crippen LogP contribution in [0.4, 0.5) is 4.39 Å². The summed E-state index contributed by atoms with van der Waals surface area (Å²) in [6.45, 7) is 2.21. The summed E-state index contributed by atoms with van der Waals surface area (Å²) in [5, 5.41) is 2.79. The normalized spacial score (nSPS) is 10.2. The highest BCUT2D eigenvalue weighted by Crippen LogP contribution is 2.19. The summed E-state index contributed by atoms with van der Waals surface area (Å²) in [6, 6.07) is 12.0. The quantitative estimate of drug-likeness (QED) is 0.918. The predicted octanol–water partition coefficient (Wildman–Crippen LogP) is 3.00. The van der Waals surface area contributed by atoms with Crippen molar-refractivity contribution in [3.63, 3.8) is 0 Å². The maximum Gasteiger partial charge on any atom is 0.224 e. The molecule has 0 aliphatic heterocycles. The third-order valence-corrected chi connectivity index (χ3v) is 3.33. The lowest BCUT2D eigenvalue weighted by Gasteiger charge is -2.10. The van der Waals surface area contributed by atoms with Gasteiger partial charge in [-0.05, 0) is 36.2 Å². The molecule has 4 heteroatoms. The van der Waals surface area contributed by atoms with Gasteiger partial charge in [0.25, 0.3) is 0 Å². The number of carbonyl (C=O) groups excluding carboxylic acids is 1. The number of hydrogen-bond donors (Lipinski definition) is 1. The first kappa shape index (κ1) is 15.0. The van der Waals surface area contributed by atoms with Crippen LogP contribution in [0.1, 0.15) is 16.7 Å². The number of rotatable bonds is 5. The van der Waals surface area contributed by atoms with Crippen molar-refractivity contribution in [1.82, 2.24) is 5.32 Å². The molecule has 0 fully saturated rings. The minimum atomic E-state index is -0.348. The maximum atomic E-state index is 13.2. The van der Waals surface area contributed by atoms with Gasteiger partial charge in [-0.3, -0.25) is 4.79 Å². The lowest BCUT2D eigenvalue weighted by molar-refractivity contribution is -0.120. The number of ether oxygens (including phenoxy) is 1. The zero-order valence-electron chi connectivity index (χ0n) is 12.2. The molecule has 3 nitrogen and oxygen atoms in total. The van der Waals surface area contributed by atoms with Gasteiger partial charge in [-0.2, -0.15) is 0 Å². The molecule has 0 saturated carbocycles. The Bertz CT molecular complexity index is 640. The van der Waals surface area contributed by atoms with Crippen LogP contribution in [0, 0.1) is 12.7 Å². The number of carbonyl (C=O) groups is 1. The molecule has 0 bridgehead atoms. The summed E-state index contributed by atoms with van der Waals surface area (Å²) in [5.74, 6) is 0.113. The number of hydrogen-bond acceptors (Lipinski definition) is 2. The van der Waals surface area contributed by atoms with Crippen molar-refractivity contribution in [2.75, 3.05) is 7.11 Å². The van der Waals surface area contributed by atoms with Crippen LogP contribution in [0.5, 0.6) is 5.75 Å². The van der Waals surface area contributed by atoms with Crippen molar-refractivity contribution >= 4 is 5.91 Å². The Balaban J connectivity index is 1.98. The topological polar surface area (TPSA) is 38.3 Å². The summed E-state index contributed by atoms with van der Waals surface area (Å²) in [6.07, 6.45) is 0.310. The molecule has 2 aromatic carbocycles. The molecule has 0 radical (unpaired) electrons. The van der Waals surface area contributed by atoms with Crippen molar-refractivity contribution < 1.29 is 13.9 Å². The van der Waals surface area contributed by atoms with E-state index in [-0.39, 0.29) is 18.3 Å². The van der Waals surface area contributed by atoms with Crippen molar-refractivity contribution in [1.29, 1.82) is 0 Å². The molecule has 110 valence electrons. The monoisotopic (exact) mass is 287 g/mol. The molecule has 1 amide bonds. The van der Waals surface area contributed by atoms with Gasteiger partial charge in [0, 0.05) is 12.1 Å². The Kier molecular flexibility index (Phi) is 4.93. The number of methoxy groups -OCH3 is 1. The molecule has 0 heterocycles. The Hall–Kier alpha value is -2.36. The Labute approximate surface area is 123 Å². The highest BCUT2D eigenvalue weighted by Gasteiger charge is 2.08. The van der Waals surface area contributed by atoms with Crippen LogP contribution in [0.2, 0.25) is 0 Å². The van der Waals surface area contributed by atoms with E-state index in [0.29, 0.717) is 17.7 Å². The fourth-order valence-electron chi connectivity index (χ4n) is 2.12. The highest BCUT2D eigenvalue weighted by molar-refractivity contribution is 5.79.